The SMILES string of the molecule is C[C@H]1O[C@]([O-])(c2ccc([N+](=O)[O-])cc2)[C@H](O)[C@@H](O)[C@H]1O. The smallest absolute Gasteiger partial charge is 0.269 e. The van der Waals surface area contributed by atoms with Crippen LogP contribution in [-0.4, -0.2) is 44.7 Å². The standard InChI is InChI=1S/C12H14NO7/c1-6-9(14)10(15)11(16)12(17,20-6)7-2-4-8(5-3-7)13(18)19/h2-6,9-11,14-16H,1H3/q-1/t6-,9+,10+,11-,12-/m1/s1. The molecular weight excluding hydrogens is 270 g/mol. The van der Waals surface area contributed by atoms with Gasteiger partial charge in [0.15, 0.2) is 0 Å². The van der Waals surface area contributed by atoms with Crippen LogP contribution in [0.15, 0.2) is 24.3 Å². The van der Waals surface area contributed by atoms with Gasteiger partial charge in [-0.25, -0.2) is 0 Å². The van der Waals surface area contributed by atoms with E-state index in [1.54, 1.807) is 0 Å². The summed E-state index contributed by atoms with van der Waals surface area (Å²) in [6, 6.07) is 4.53. The predicted octanol–water partition coefficient (Wildman–Crippen LogP) is -1.39. The molecule has 1 aromatic rings. The molecule has 0 amide bonds. The van der Waals surface area contributed by atoms with Crippen molar-refractivity contribution in [1.29, 1.82) is 0 Å². The Kier molecular flexibility index (Phi) is 3.76. The first-order valence-electron chi connectivity index (χ1n) is 5.94. The van der Waals surface area contributed by atoms with Crippen LogP contribution >= 0.6 is 0 Å². The van der Waals surface area contributed by atoms with Crippen molar-refractivity contribution in [2.75, 3.05) is 0 Å². The molecule has 8 nitrogen and oxygen atoms in total. The number of aliphatic hydroxyl groups excluding tert-OH is 3. The van der Waals surface area contributed by atoms with Gasteiger partial charge in [0, 0.05) is 17.9 Å². The quantitative estimate of drug-likeness (QED) is 0.449. The molecule has 0 spiro atoms. The van der Waals surface area contributed by atoms with Crippen LogP contribution in [0.25, 0.3) is 0 Å². The minimum Gasteiger partial charge on any atom is -0.823 e. The van der Waals surface area contributed by atoms with E-state index in [0.29, 0.717) is 0 Å². The van der Waals surface area contributed by atoms with Crippen LogP contribution in [0.5, 0.6) is 0 Å². The van der Waals surface area contributed by atoms with E-state index in [1.807, 2.05) is 0 Å². The Morgan fingerprint density at radius 3 is 2.25 bits per heavy atom. The Bertz CT molecular complexity index is 505. The number of nitro groups is 1. The van der Waals surface area contributed by atoms with Gasteiger partial charge in [-0.2, -0.15) is 0 Å². The first-order chi connectivity index (χ1) is 9.27. The summed E-state index contributed by atoms with van der Waals surface area (Å²) < 4.78 is 5.07. The fourth-order valence-corrected chi connectivity index (χ4v) is 2.16. The highest BCUT2D eigenvalue weighted by atomic mass is 16.7. The van der Waals surface area contributed by atoms with Crippen LogP contribution in [0.2, 0.25) is 0 Å². The van der Waals surface area contributed by atoms with Crippen LogP contribution in [0.1, 0.15) is 12.5 Å². The Hall–Kier alpha value is -1.58. The zero-order valence-corrected chi connectivity index (χ0v) is 10.5. The predicted molar refractivity (Wildman–Crippen MR) is 63.3 cm³/mol. The minimum absolute atomic E-state index is 0.0617. The highest BCUT2D eigenvalue weighted by molar-refractivity contribution is 5.35. The lowest BCUT2D eigenvalue weighted by Gasteiger charge is -2.53. The summed E-state index contributed by atoms with van der Waals surface area (Å²) in [5.74, 6) is -2.49. The molecule has 5 atom stereocenters. The monoisotopic (exact) mass is 284 g/mol. The molecule has 8 heteroatoms. The number of hydrogen-bond donors (Lipinski definition) is 3. The Morgan fingerprint density at radius 2 is 1.75 bits per heavy atom. The number of non-ortho nitro benzene ring substituents is 1. The molecule has 0 saturated carbocycles. The Morgan fingerprint density at radius 1 is 1.20 bits per heavy atom. The summed E-state index contributed by atoms with van der Waals surface area (Å²) in [5.41, 5.74) is -0.273. The zero-order chi connectivity index (χ0) is 15.1. The van der Waals surface area contributed by atoms with E-state index in [9.17, 15) is 30.5 Å². The van der Waals surface area contributed by atoms with Gasteiger partial charge in [-0.3, -0.25) is 10.1 Å². The van der Waals surface area contributed by atoms with Crippen molar-refractivity contribution in [3.05, 3.63) is 39.9 Å². The van der Waals surface area contributed by atoms with Gasteiger partial charge in [-0.1, -0.05) is 12.1 Å². The summed E-state index contributed by atoms with van der Waals surface area (Å²) in [6.45, 7) is 1.39. The van der Waals surface area contributed by atoms with Gasteiger partial charge in [0.1, 0.15) is 18.3 Å². The number of aliphatic hydroxyl groups is 3. The average molecular weight is 284 g/mol. The molecule has 1 aliphatic heterocycles. The lowest BCUT2D eigenvalue weighted by Crippen LogP contribution is -2.67. The third kappa shape index (κ3) is 2.28. The van der Waals surface area contributed by atoms with E-state index >= 15 is 0 Å². The lowest BCUT2D eigenvalue weighted by atomic mass is 9.88. The van der Waals surface area contributed by atoms with Crippen LogP contribution in [0.3, 0.4) is 0 Å². The van der Waals surface area contributed by atoms with Gasteiger partial charge in [0.25, 0.3) is 5.69 Å². The highest BCUT2D eigenvalue weighted by Crippen LogP contribution is 2.34. The van der Waals surface area contributed by atoms with Crippen LogP contribution in [0.4, 0.5) is 5.69 Å². The normalized spacial score (nSPS) is 37.6. The molecule has 0 aromatic heterocycles. The van der Waals surface area contributed by atoms with Gasteiger partial charge in [0.2, 0.25) is 0 Å². The maximum Gasteiger partial charge on any atom is 0.269 e. The first kappa shape index (κ1) is 14.8. The highest BCUT2D eigenvalue weighted by Gasteiger charge is 2.46. The zero-order valence-electron chi connectivity index (χ0n) is 10.5. The number of nitro benzene ring substituents is 1. The summed E-state index contributed by atoms with van der Waals surface area (Å²) in [7, 11) is 0. The largest absolute Gasteiger partial charge is 0.823 e. The molecule has 0 aliphatic carbocycles. The molecule has 20 heavy (non-hydrogen) atoms. The fraction of sp³-hybridized carbons (Fsp3) is 0.500. The van der Waals surface area contributed by atoms with Gasteiger partial charge in [0.05, 0.1) is 11.0 Å². The molecule has 1 saturated heterocycles. The molecule has 0 unspecified atom stereocenters. The second-order valence-corrected chi connectivity index (χ2v) is 4.72. The van der Waals surface area contributed by atoms with Gasteiger partial charge < -0.3 is 25.2 Å². The van der Waals surface area contributed by atoms with Crippen LogP contribution < -0.4 is 5.11 Å². The molecule has 1 fully saturated rings. The summed E-state index contributed by atoms with van der Waals surface area (Å²) >= 11 is 0. The third-order valence-electron chi connectivity index (χ3n) is 3.39. The Labute approximate surface area is 114 Å². The van der Waals surface area contributed by atoms with Gasteiger partial charge in [-0.05, 0) is 12.5 Å². The molecular formula is C12H14NO7-. The second kappa shape index (κ2) is 5.08. The molecule has 1 heterocycles. The molecule has 110 valence electrons. The van der Waals surface area contributed by atoms with Crippen molar-refractivity contribution in [3.63, 3.8) is 0 Å². The molecule has 0 bridgehead atoms. The summed E-state index contributed by atoms with van der Waals surface area (Å²) in [5, 5.41) is 52.2. The van der Waals surface area contributed by atoms with E-state index in [2.05, 4.69) is 0 Å². The average Bonchev–Trinajstić information content (AvgIpc) is 2.43. The second-order valence-electron chi connectivity index (χ2n) is 4.72. The van der Waals surface area contributed by atoms with Crippen molar-refractivity contribution < 1.29 is 30.1 Å². The summed E-state index contributed by atoms with van der Waals surface area (Å²) in [4.78, 5) is 9.93. The van der Waals surface area contributed by atoms with E-state index in [0.717, 1.165) is 24.3 Å². The van der Waals surface area contributed by atoms with Crippen molar-refractivity contribution >= 4 is 5.69 Å². The van der Waals surface area contributed by atoms with Gasteiger partial charge in [-0.15, -0.1) is 0 Å². The third-order valence-corrected chi connectivity index (χ3v) is 3.39. The molecule has 0 radical (unpaired) electrons. The first-order valence-corrected chi connectivity index (χ1v) is 5.94. The van der Waals surface area contributed by atoms with Crippen LogP contribution in [-0.2, 0) is 10.5 Å². The molecule has 1 aliphatic rings. The van der Waals surface area contributed by atoms with Crippen molar-refractivity contribution in [3.8, 4) is 0 Å². The number of ether oxygens (including phenoxy) is 1. The van der Waals surface area contributed by atoms with E-state index < -0.39 is 35.1 Å². The number of nitrogens with zero attached hydrogens (tertiary/aromatic N) is 1. The Balaban J connectivity index is 2.36. The maximum atomic E-state index is 12.6. The van der Waals surface area contributed by atoms with Gasteiger partial charge >= 0.3 is 0 Å². The van der Waals surface area contributed by atoms with Crippen molar-refractivity contribution in [2.45, 2.75) is 37.1 Å². The van der Waals surface area contributed by atoms with Crippen LogP contribution in [0, 0.1) is 10.1 Å². The minimum atomic E-state index is -2.49. The summed E-state index contributed by atoms with van der Waals surface area (Å²) in [6.07, 6.45) is -5.92. The maximum absolute atomic E-state index is 12.6. The number of hydrogen-bond acceptors (Lipinski definition) is 7. The molecule has 2 rings (SSSR count). The number of rotatable bonds is 2. The van der Waals surface area contributed by atoms with Crippen molar-refractivity contribution in [1.82, 2.24) is 0 Å². The van der Waals surface area contributed by atoms with Crippen molar-refractivity contribution in [2.24, 2.45) is 0 Å². The fourth-order valence-electron chi connectivity index (χ4n) is 2.16. The lowest BCUT2D eigenvalue weighted by molar-refractivity contribution is -0.606. The molecule has 1 aromatic carbocycles. The van der Waals surface area contributed by atoms with E-state index in [1.165, 1.54) is 6.92 Å². The van der Waals surface area contributed by atoms with E-state index in [4.69, 9.17) is 4.74 Å². The number of benzene rings is 1. The van der Waals surface area contributed by atoms with E-state index in [-0.39, 0.29) is 11.3 Å². The topological polar surface area (TPSA) is 136 Å². The molecule has 3 N–H and O–H groups in total.